The van der Waals surface area contributed by atoms with E-state index in [9.17, 15) is 4.79 Å². The zero-order valence-corrected chi connectivity index (χ0v) is 13.6. The van der Waals surface area contributed by atoms with Crippen LogP contribution in [0.5, 0.6) is 0 Å². The fraction of sp³-hybridized carbons (Fsp3) is 0.0435. The first-order chi connectivity index (χ1) is 12.3. The maximum atomic E-state index is 13.2. The zero-order valence-electron chi connectivity index (χ0n) is 13.6. The average Bonchev–Trinajstić information content (AvgIpc) is 2.68. The SMILES string of the molecule is O=C1c2ccccc2Cc2cc(-c3ccccn3)c3ccccc3c21. The van der Waals surface area contributed by atoms with Gasteiger partial charge in [-0.25, -0.2) is 0 Å². The smallest absolute Gasteiger partial charge is 0.194 e. The predicted octanol–water partition coefficient (Wildman–Crippen LogP) is 5.04. The summed E-state index contributed by atoms with van der Waals surface area (Å²) in [7, 11) is 0. The van der Waals surface area contributed by atoms with E-state index < -0.39 is 0 Å². The number of benzene rings is 3. The monoisotopic (exact) mass is 321 g/mol. The van der Waals surface area contributed by atoms with Crippen molar-refractivity contribution in [3.63, 3.8) is 0 Å². The molecule has 0 atom stereocenters. The van der Waals surface area contributed by atoms with Gasteiger partial charge in [0.05, 0.1) is 5.69 Å². The Morgan fingerprint density at radius 2 is 1.48 bits per heavy atom. The lowest BCUT2D eigenvalue weighted by Crippen LogP contribution is -2.15. The number of nitrogens with zero attached hydrogens (tertiary/aromatic N) is 1. The molecule has 25 heavy (non-hydrogen) atoms. The molecule has 0 saturated carbocycles. The van der Waals surface area contributed by atoms with E-state index in [1.807, 2.05) is 66.9 Å². The van der Waals surface area contributed by atoms with Crippen LogP contribution < -0.4 is 0 Å². The lowest BCUT2D eigenvalue weighted by Gasteiger charge is -2.22. The van der Waals surface area contributed by atoms with Gasteiger partial charge < -0.3 is 0 Å². The first-order valence-electron chi connectivity index (χ1n) is 8.41. The van der Waals surface area contributed by atoms with E-state index in [0.29, 0.717) is 0 Å². The van der Waals surface area contributed by atoms with E-state index in [0.717, 1.165) is 50.7 Å². The summed E-state index contributed by atoms with van der Waals surface area (Å²) in [6.07, 6.45) is 2.59. The molecule has 0 aliphatic heterocycles. The van der Waals surface area contributed by atoms with Gasteiger partial charge in [-0.05, 0) is 46.5 Å². The first kappa shape index (κ1) is 14.1. The van der Waals surface area contributed by atoms with E-state index in [2.05, 4.69) is 17.1 Å². The normalized spacial score (nSPS) is 12.7. The summed E-state index contributed by atoms with van der Waals surface area (Å²) in [4.78, 5) is 17.7. The van der Waals surface area contributed by atoms with Crippen LogP contribution in [0.2, 0.25) is 0 Å². The molecular weight excluding hydrogens is 306 g/mol. The Hall–Kier alpha value is -3.26. The number of aromatic nitrogens is 1. The maximum absolute atomic E-state index is 13.2. The van der Waals surface area contributed by atoms with Crippen molar-refractivity contribution in [3.05, 3.63) is 101 Å². The highest BCUT2D eigenvalue weighted by molar-refractivity contribution is 6.21. The van der Waals surface area contributed by atoms with Gasteiger partial charge in [-0.2, -0.15) is 0 Å². The van der Waals surface area contributed by atoms with E-state index in [-0.39, 0.29) is 5.78 Å². The summed E-state index contributed by atoms with van der Waals surface area (Å²) < 4.78 is 0. The molecule has 0 fully saturated rings. The molecule has 2 nitrogen and oxygen atoms in total. The Labute approximate surface area is 145 Å². The number of fused-ring (bicyclic) bond motifs is 4. The minimum absolute atomic E-state index is 0.126. The molecule has 0 unspecified atom stereocenters. The maximum Gasteiger partial charge on any atom is 0.194 e. The van der Waals surface area contributed by atoms with Crippen molar-refractivity contribution in [3.8, 4) is 11.3 Å². The van der Waals surface area contributed by atoms with E-state index in [1.54, 1.807) is 0 Å². The Morgan fingerprint density at radius 3 is 2.32 bits per heavy atom. The van der Waals surface area contributed by atoms with Gasteiger partial charge in [0.25, 0.3) is 0 Å². The van der Waals surface area contributed by atoms with Crippen LogP contribution in [0.3, 0.4) is 0 Å². The molecule has 4 aromatic rings. The van der Waals surface area contributed by atoms with Crippen LogP contribution in [0.1, 0.15) is 27.0 Å². The minimum atomic E-state index is 0.126. The number of carbonyl (C=O) groups excluding carboxylic acids is 1. The molecule has 0 N–H and O–H groups in total. The molecule has 0 bridgehead atoms. The van der Waals surface area contributed by atoms with Gasteiger partial charge in [0.1, 0.15) is 0 Å². The third kappa shape index (κ3) is 2.11. The Bertz CT molecular complexity index is 1130. The van der Waals surface area contributed by atoms with E-state index in [4.69, 9.17) is 0 Å². The fourth-order valence-corrected chi connectivity index (χ4v) is 3.81. The van der Waals surface area contributed by atoms with Crippen LogP contribution in [0.4, 0.5) is 0 Å². The van der Waals surface area contributed by atoms with Crippen LogP contribution in [0.25, 0.3) is 22.0 Å². The highest BCUT2D eigenvalue weighted by atomic mass is 16.1. The highest BCUT2D eigenvalue weighted by Crippen LogP contribution is 2.37. The molecule has 2 heteroatoms. The fourth-order valence-electron chi connectivity index (χ4n) is 3.81. The van der Waals surface area contributed by atoms with E-state index >= 15 is 0 Å². The van der Waals surface area contributed by atoms with Gasteiger partial charge in [0.15, 0.2) is 5.78 Å². The second-order valence-corrected chi connectivity index (χ2v) is 6.38. The number of ketones is 1. The van der Waals surface area contributed by atoms with Gasteiger partial charge in [-0.3, -0.25) is 9.78 Å². The Kier molecular flexibility index (Phi) is 3.04. The summed E-state index contributed by atoms with van der Waals surface area (Å²) >= 11 is 0. The molecule has 0 spiro atoms. The molecule has 1 heterocycles. The molecule has 1 aliphatic rings. The van der Waals surface area contributed by atoms with Gasteiger partial charge in [-0.15, -0.1) is 0 Å². The molecular formula is C23H15NO. The third-order valence-corrected chi connectivity index (χ3v) is 4.94. The summed E-state index contributed by atoms with van der Waals surface area (Å²) in [6, 6.07) is 24.1. The Morgan fingerprint density at radius 1 is 0.720 bits per heavy atom. The van der Waals surface area contributed by atoms with Crippen LogP contribution >= 0.6 is 0 Å². The van der Waals surface area contributed by atoms with Crippen LogP contribution in [0, 0.1) is 0 Å². The van der Waals surface area contributed by atoms with Crippen molar-refractivity contribution in [1.29, 1.82) is 0 Å². The molecule has 0 saturated heterocycles. The second-order valence-electron chi connectivity index (χ2n) is 6.38. The number of hydrogen-bond donors (Lipinski definition) is 0. The van der Waals surface area contributed by atoms with Crippen LogP contribution in [0.15, 0.2) is 79.0 Å². The summed E-state index contributed by atoms with van der Waals surface area (Å²) in [5.74, 6) is 0.126. The molecule has 3 aromatic carbocycles. The number of rotatable bonds is 1. The van der Waals surface area contributed by atoms with Crippen molar-refractivity contribution in [2.24, 2.45) is 0 Å². The van der Waals surface area contributed by atoms with Crippen LogP contribution in [-0.2, 0) is 6.42 Å². The summed E-state index contributed by atoms with van der Waals surface area (Å²) in [6.45, 7) is 0. The van der Waals surface area contributed by atoms with Crippen molar-refractivity contribution in [1.82, 2.24) is 4.98 Å². The van der Waals surface area contributed by atoms with Gasteiger partial charge in [-0.1, -0.05) is 54.6 Å². The van der Waals surface area contributed by atoms with Gasteiger partial charge in [0, 0.05) is 22.9 Å². The largest absolute Gasteiger partial charge is 0.289 e. The zero-order chi connectivity index (χ0) is 16.8. The Balaban J connectivity index is 1.85. The first-order valence-corrected chi connectivity index (χ1v) is 8.41. The standard InChI is InChI=1S/C23H15NO/c25-23-17-8-2-1-7-15(17)13-16-14-20(21-11-5-6-12-24-21)18-9-3-4-10-19(18)22(16)23/h1-12,14H,13H2. The van der Waals surface area contributed by atoms with Gasteiger partial charge >= 0.3 is 0 Å². The lowest BCUT2D eigenvalue weighted by atomic mass is 9.81. The van der Waals surface area contributed by atoms with Crippen molar-refractivity contribution < 1.29 is 4.79 Å². The lowest BCUT2D eigenvalue weighted by molar-refractivity contribution is 0.103. The predicted molar refractivity (Wildman–Crippen MR) is 99.9 cm³/mol. The van der Waals surface area contributed by atoms with Gasteiger partial charge in [0.2, 0.25) is 0 Å². The highest BCUT2D eigenvalue weighted by Gasteiger charge is 2.26. The third-order valence-electron chi connectivity index (χ3n) is 4.94. The second kappa shape index (κ2) is 5.38. The molecule has 0 radical (unpaired) electrons. The summed E-state index contributed by atoms with van der Waals surface area (Å²) in [5.41, 5.74) is 5.87. The average molecular weight is 321 g/mol. The topological polar surface area (TPSA) is 30.0 Å². The molecule has 5 rings (SSSR count). The van der Waals surface area contributed by atoms with Crippen molar-refractivity contribution in [2.75, 3.05) is 0 Å². The minimum Gasteiger partial charge on any atom is -0.289 e. The number of pyridine rings is 1. The number of carbonyl (C=O) groups is 1. The summed E-state index contributed by atoms with van der Waals surface area (Å²) in [5, 5.41) is 2.09. The van der Waals surface area contributed by atoms with Crippen LogP contribution in [-0.4, -0.2) is 10.8 Å². The molecule has 118 valence electrons. The number of hydrogen-bond acceptors (Lipinski definition) is 2. The quantitative estimate of drug-likeness (QED) is 0.433. The molecule has 0 amide bonds. The molecule has 1 aliphatic carbocycles. The van der Waals surface area contributed by atoms with Crippen molar-refractivity contribution >= 4 is 16.6 Å². The molecule has 1 aromatic heterocycles. The van der Waals surface area contributed by atoms with Crippen molar-refractivity contribution in [2.45, 2.75) is 6.42 Å². The van der Waals surface area contributed by atoms with E-state index in [1.165, 1.54) is 0 Å².